The molecular weight excluding hydrogens is 216 g/mol. The smallest absolute Gasteiger partial charge is 0.243 e. The zero-order chi connectivity index (χ0) is 12.3. The van der Waals surface area contributed by atoms with Gasteiger partial charge in [0, 0.05) is 19.5 Å². The third-order valence-electron chi connectivity index (χ3n) is 3.91. The van der Waals surface area contributed by atoms with Gasteiger partial charge in [-0.05, 0) is 32.1 Å². The zero-order valence-electron chi connectivity index (χ0n) is 10.6. The lowest BCUT2D eigenvalue weighted by Crippen LogP contribution is -2.52. The second-order valence-corrected chi connectivity index (χ2v) is 5.21. The molecule has 1 saturated heterocycles. The molecule has 0 aromatic carbocycles. The lowest BCUT2D eigenvalue weighted by atomic mass is 10.0. The molecule has 2 fully saturated rings. The van der Waals surface area contributed by atoms with Gasteiger partial charge in [-0.2, -0.15) is 0 Å². The van der Waals surface area contributed by atoms with Crippen molar-refractivity contribution in [1.29, 1.82) is 0 Å². The highest BCUT2D eigenvalue weighted by atomic mass is 16.2. The average molecular weight is 238 g/mol. The van der Waals surface area contributed by atoms with Crippen LogP contribution in [0.1, 0.15) is 51.9 Å². The Morgan fingerprint density at radius 1 is 1.06 bits per heavy atom. The van der Waals surface area contributed by atoms with Crippen LogP contribution in [0.5, 0.6) is 0 Å². The summed E-state index contributed by atoms with van der Waals surface area (Å²) < 4.78 is 0. The monoisotopic (exact) mass is 238 g/mol. The average Bonchev–Trinajstić information content (AvgIpc) is 2.81. The number of hydrogen-bond acceptors (Lipinski definition) is 2. The van der Waals surface area contributed by atoms with Gasteiger partial charge in [0.1, 0.15) is 6.04 Å². The van der Waals surface area contributed by atoms with Crippen molar-refractivity contribution in [3.8, 4) is 0 Å². The van der Waals surface area contributed by atoms with Gasteiger partial charge in [-0.15, -0.1) is 0 Å². The molecule has 0 bridgehead atoms. The molecule has 0 aromatic heterocycles. The van der Waals surface area contributed by atoms with Gasteiger partial charge >= 0.3 is 0 Å². The van der Waals surface area contributed by atoms with E-state index in [1.165, 1.54) is 12.8 Å². The van der Waals surface area contributed by atoms with E-state index in [0.717, 1.165) is 38.6 Å². The normalized spacial score (nSPS) is 25.9. The third kappa shape index (κ3) is 2.99. The van der Waals surface area contributed by atoms with Crippen LogP contribution < -0.4 is 5.32 Å². The molecule has 0 radical (unpaired) electrons. The van der Waals surface area contributed by atoms with Crippen molar-refractivity contribution in [2.75, 3.05) is 6.54 Å². The molecule has 1 unspecified atom stereocenters. The van der Waals surface area contributed by atoms with Crippen molar-refractivity contribution in [3.63, 3.8) is 0 Å². The summed E-state index contributed by atoms with van der Waals surface area (Å²) >= 11 is 0. The Hall–Kier alpha value is -1.06. The van der Waals surface area contributed by atoms with E-state index >= 15 is 0 Å². The maximum absolute atomic E-state index is 12.2. The maximum Gasteiger partial charge on any atom is 0.243 e. The summed E-state index contributed by atoms with van der Waals surface area (Å²) in [6.45, 7) is 2.29. The number of carbonyl (C=O) groups is 2. The predicted octanol–water partition coefficient (Wildman–Crippen LogP) is 1.45. The van der Waals surface area contributed by atoms with E-state index in [4.69, 9.17) is 0 Å². The highest BCUT2D eigenvalue weighted by molar-refractivity contribution is 5.87. The van der Waals surface area contributed by atoms with E-state index in [1.807, 2.05) is 0 Å². The number of likely N-dealkylation sites (tertiary alicyclic amines) is 1. The molecule has 1 saturated carbocycles. The second-order valence-electron chi connectivity index (χ2n) is 5.21. The highest BCUT2D eigenvalue weighted by Crippen LogP contribution is 2.20. The molecule has 4 nitrogen and oxygen atoms in total. The lowest BCUT2D eigenvalue weighted by Gasteiger charge is -2.34. The van der Waals surface area contributed by atoms with E-state index in [2.05, 4.69) is 5.32 Å². The van der Waals surface area contributed by atoms with Gasteiger partial charge < -0.3 is 10.2 Å². The molecule has 4 heteroatoms. The zero-order valence-corrected chi connectivity index (χ0v) is 10.6. The van der Waals surface area contributed by atoms with Gasteiger partial charge in [-0.1, -0.05) is 12.8 Å². The van der Waals surface area contributed by atoms with Crippen LogP contribution in [0.3, 0.4) is 0 Å². The van der Waals surface area contributed by atoms with Crippen molar-refractivity contribution >= 4 is 11.8 Å². The number of rotatable bonds is 2. The molecule has 2 rings (SSSR count). The summed E-state index contributed by atoms with van der Waals surface area (Å²) in [7, 11) is 0. The molecule has 17 heavy (non-hydrogen) atoms. The molecule has 96 valence electrons. The fourth-order valence-electron chi connectivity index (χ4n) is 2.95. The maximum atomic E-state index is 12.2. The van der Waals surface area contributed by atoms with Crippen LogP contribution in [-0.2, 0) is 9.59 Å². The summed E-state index contributed by atoms with van der Waals surface area (Å²) in [5, 5.41) is 3.10. The van der Waals surface area contributed by atoms with Crippen LogP contribution >= 0.6 is 0 Å². The molecule has 1 aliphatic heterocycles. The molecule has 1 aliphatic carbocycles. The summed E-state index contributed by atoms with van der Waals surface area (Å²) in [4.78, 5) is 25.4. The fourth-order valence-corrected chi connectivity index (χ4v) is 2.95. The SMILES string of the molecule is CC(=O)N1CCCCC1C(=O)NC1CCCC1. The first-order valence-electron chi connectivity index (χ1n) is 6.76. The first-order valence-corrected chi connectivity index (χ1v) is 6.76. The van der Waals surface area contributed by atoms with Crippen molar-refractivity contribution in [2.45, 2.75) is 64.0 Å². The molecule has 2 aliphatic rings. The van der Waals surface area contributed by atoms with E-state index < -0.39 is 0 Å². The predicted molar refractivity (Wildman–Crippen MR) is 65.4 cm³/mol. The molecule has 1 atom stereocenters. The molecule has 1 heterocycles. The van der Waals surface area contributed by atoms with Gasteiger partial charge in [0.25, 0.3) is 0 Å². The number of piperidine rings is 1. The van der Waals surface area contributed by atoms with Crippen LogP contribution in [0.2, 0.25) is 0 Å². The van der Waals surface area contributed by atoms with Crippen molar-refractivity contribution < 1.29 is 9.59 Å². The van der Waals surface area contributed by atoms with Gasteiger partial charge in [-0.3, -0.25) is 9.59 Å². The van der Waals surface area contributed by atoms with E-state index in [0.29, 0.717) is 6.04 Å². The first-order chi connectivity index (χ1) is 8.18. The van der Waals surface area contributed by atoms with Gasteiger partial charge in [0.05, 0.1) is 0 Å². The highest BCUT2D eigenvalue weighted by Gasteiger charge is 2.31. The topological polar surface area (TPSA) is 49.4 Å². The second kappa shape index (κ2) is 5.52. The Kier molecular flexibility index (Phi) is 4.02. The first kappa shape index (κ1) is 12.4. The Bertz CT molecular complexity index is 298. The van der Waals surface area contributed by atoms with Crippen LogP contribution in [0.25, 0.3) is 0 Å². The van der Waals surface area contributed by atoms with Crippen LogP contribution in [0, 0.1) is 0 Å². The van der Waals surface area contributed by atoms with E-state index in [-0.39, 0.29) is 17.9 Å². The van der Waals surface area contributed by atoms with Gasteiger partial charge in [0.15, 0.2) is 0 Å². The molecular formula is C13H22N2O2. The van der Waals surface area contributed by atoms with Crippen LogP contribution in [0.4, 0.5) is 0 Å². The Balaban J connectivity index is 1.93. The quantitative estimate of drug-likeness (QED) is 0.791. The minimum Gasteiger partial charge on any atom is -0.352 e. The Morgan fingerprint density at radius 2 is 1.71 bits per heavy atom. The van der Waals surface area contributed by atoms with Crippen molar-refractivity contribution in [1.82, 2.24) is 10.2 Å². The van der Waals surface area contributed by atoms with Crippen molar-refractivity contribution in [3.05, 3.63) is 0 Å². The number of nitrogens with zero attached hydrogens (tertiary/aromatic N) is 1. The molecule has 1 N–H and O–H groups in total. The number of nitrogens with one attached hydrogen (secondary N) is 1. The molecule has 0 aromatic rings. The Labute approximate surface area is 103 Å². The largest absolute Gasteiger partial charge is 0.352 e. The minimum atomic E-state index is -0.221. The Morgan fingerprint density at radius 3 is 2.35 bits per heavy atom. The van der Waals surface area contributed by atoms with E-state index in [1.54, 1.807) is 11.8 Å². The molecule has 0 spiro atoms. The van der Waals surface area contributed by atoms with Crippen LogP contribution in [-0.4, -0.2) is 35.3 Å². The number of hydrogen-bond donors (Lipinski definition) is 1. The summed E-state index contributed by atoms with van der Waals surface area (Å²) in [6.07, 6.45) is 7.51. The van der Waals surface area contributed by atoms with Crippen LogP contribution in [0.15, 0.2) is 0 Å². The lowest BCUT2D eigenvalue weighted by molar-refractivity contribution is -0.141. The minimum absolute atomic E-state index is 0.0243. The fraction of sp³-hybridized carbons (Fsp3) is 0.846. The van der Waals surface area contributed by atoms with Crippen molar-refractivity contribution in [2.24, 2.45) is 0 Å². The summed E-state index contributed by atoms with van der Waals surface area (Å²) in [5.74, 6) is 0.0862. The summed E-state index contributed by atoms with van der Waals surface area (Å²) in [5.41, 5.74) is 0. The number of carbonyl (C=O) groups excluding carboxylic acids is 2. The number of amides is 2. The van der Waals surface area contributed by atoms with Gasteiger partial charge in [-0.25, -0.2) is 0 Å². The third-order valence-corrected chi connectivity index (χ3v) is 3.91. The van der Waals surface area contributed by atoms with Gasteiger partial charge in [0.2, 0.25) is 11.8 Å². The summed E-state index contributed by atoms with van der Waals surface area (Å²) in [6, 6.07) is 0.125. The molecule has 2 amide bonds. The standard InChI is InChI=1S/C13H22N2O2/c1-10(16)15-9-5-4-8-12(15)13(17)14-11-6-2-3-7-11/h11-12H,2-9H2,1H3,(H,14,17). The van der Waals surface area contributed by atoms with E-state index in [9.17, 15) is 9.59 Å².